The maximum absolute atomic E-state index is 12.7. The van der Waals surface area contributed by atoms with Crippen LogP contribution in [-0.4, -0.2) is 54.4 Å². The van der Waals surface area contributed by atoms with Crippen LogP contribution < -0.4 is 4.74 Å². The zero-order chi connectivity index (χ0) is 20.6. The van der Waals surface area contributed by atoms with Gasteiger partial charge in [-0.25, -0.2) is 0 Å². The molecule has 2 aromatic carbocycles. The second-order valence-corrected chi connectivity index (χ2v) is 7.73. The predicted molar refractivity (Wildman–Crippen MR) is 114 cm³/mol. The number of rotatable bonds is 6. The second-order valence-electron chi connectivity index (χ2n) is 7.30. The van der Waals surface area contributed by atoms with Crippen LogP contribution in [0.15, 0.2) is 48.5 Å². The summed E-state index contributed by atoms with van der Waals surface area (Å²) in [6.07, 6.45) is 1.92. The van der Waals surface area contributed by atoms with Crippen molar-refractivity contribution >= 4 is 23.4 Å². The number of amides is 2. The standard InChI is InChI=1S/C23H27ClN2O3/c1-18-5-11-21(12-6-18)29-17-2-4-22(27)25-13-3-14-26(16-15-25)23(28)19-7-9-20(24)10-8-19/h5-12H,2-4,13-17H2,1H3. The van der Waals surface area contributed by atoms with Crippen molar-refractivity contribution in [2.45, 2.75) is 26.2 Å². The van der Waals surface area contributed by atoms with Crippen molar-refractivity contribution < 1.29 is 14.3 Å². The third kappa shape index (κ3) is 6.23. The lowest BCUT2D eigenvalue weighted by Gasteiger charge is -2.22. The van der Waals surface area contributed by atoms with Crippen molar-refractivity contribution in [2.24, 2.45) is 0 Å². The number of nitrogens with zero attached hydrogens (tertiary/aromatic N) is 2. The summed E-state index contributed by atoms with van der Waals surface area (Å²) in [7, 11) is 0. The first-order chi connectivity index (χ1) is 14.0. The van der Waals surface area contributed by atoms with Gasteiger partial charge in [0.05, 0.1) is 6.61 Å². The summed E-state index contributed by atoms with van der Waals surface area (Å²) in [4.78, 5) is 28.9. The molecule has 6 heteroatoms. The molecule has 2 aromatic rings. The number of benzene rings is 2. The molecule has 0 aliphatic carbocycles. The molecule has 0 aromatic heterocycles. The smallest absolute Gasteiger partial charge is 0.253 e. The molecule has 1 fully saturated rings. The number of hydrogen-bond donors (Lipinski definition) is 0. The Labute approximate surface area is 177 Å². The molecular formula is C23H27ClN2O3. The molecule has 0 spiro atoms. The Kier molecular flexibility index (Phi) is 7.53. The van der Waals surface area contributed by atoms with Crippen LogP contribution in [0.25, 0.3) is 0 Å². The second kappa shape index (κ2) is 10.3. The molecule has 3 rings (SSSR count). The zero-order valence-corrected chi connectivity index (χ0v) is 17.5. The van der Waals surface area contributed by atoms with E-state index in [0.29, 0.717) is 56.2 Å². The molecule has 1 aliphatic rings. The van der Waals surface area contributed by atoms with Gasteiger partial charge >= 0.3 is 0 Å². The van der Waals surface area contributed by atoms with Gasteiger partial charge in [-0.3, -0.25) is 9.59 Å². The van der Waals surface area contributed by atoms with Crippen LogP contribution in [0.1, 0.15) is 35.2 Å². The van der Waals surface area contributed by atoms with E-state index >= 15 is 0 Å². The highest BCUT2D eigenvalue weighted by Gasteiger charge is 2.22. The van der Waals surface area contributed by atoms with Crippen molar-refractivity contribution in [3.63, 3.8) is 0 Å². The average Bonchev–Trinajstić information content (AvgIpc) is 2.99. The largest absolute Gasteiger partial charge is 0.494 e. The number of ether oxygens (including phenoxy) is 1. The van der Waals surface area contributed by atoms with Crippen molar-refractivity contribution in [3.8, 4) is 5.75 Å². The van der Waals surface area contributed by atoms with Gasteiger partial charge in [0.15, 0.2) is 0 Å². The fraction of sp³-hybridized carbons (Fsp3) is 0.391. The maximum atomic E-state index is 12.7. The molecule has 1 heterocycles. The lowest BCUT2D eigenvalue weighted by molar-refractivity contribution is -0.131. The zero-order valence-electron chi connectivity index (χ0n) is 16.8. The van der Waals surface area contributed by atoms with E-state index in [9.17, 15) is 9.59 Å². The molecule has 29 heavy (non-hydrogen) atoms. The predicted octanol–water partition coefficient (Wildman–Crippen LogP) is 4.18. The third-order valence-electron chi connectivity index (χ3n) is 5.05. The molecule has 1 aliphatic heterocycles. The quantitative estimate of drug-likeness (QED) is 0.666. The van der Waals surface area contributed by atoms with E-state index in [1.165, 1.54) is 5.56 Å². The van der Waals surface area contributed by atoms with Crippen LogP contribution >= 0.6 is 11.6 Å². The topological polar surface area (TPSA) is 49.9 Å². The fourth-order valence-corrected chi connectivity index (χ4v) is 3.48. The Morgan fingerprint density at radius 2 is 1.59 bits per heavy atom. The molecule has 0 bridgehead atoms. The van der Waals surface area contributed by atoms with Gasteiger partial charge in [-0.1, -0.05) is 29.3 Å². The van der Waals surface area contributed by atoms with Gasteiger partial charge in [0.2, 0.25) is 5.91 Å². The van der Waals surface area contributed by atoms with Crippen molar-refractivity contribution in [1.29, 1.82) is 0 Å². The summed E-state index contributed by atoms with van der Waals surface area (Å²) in [5.41, 5.74) is 1.82. The van der Waals surface area contributed by atoms with Gasteiger partial charge in [-0.15, -0.1) is 0 Å². The summed E-state index contributed by atoms with van der Waals surface area (Å²) < 4.78 is 5.70. The van der Waals surface area contributed by atoms with Crippen LogP contribution in [-0.2, 0) is 4.79 Å². The van der Waals surface area contributed by atoms with Crippen LogP contribution in [0.3, 0.4) is 0 Å². The Balaban J connectivity index is 1.42. The van der Waals surface area contributed by atoms with E-state index in [4.69, 9.17) is 16.3 Å². The first-order valence-electron chi connectivity index (χ1n) is 10.0. The van der Waals surface area contributed by atoms with Crippen molar-refractivity contribution in [2.75, 3.05) is 32.8 Å². The van der Waals surface area contributed by atoms with Crippen molar-refractivity contribution in [1.82, 2.24) is 9.80 Å². The van der Waals surface area contributed by atoms with Gasteiger partial charge in [-0.05, 0) is 56.2 Å². The van der Waals surface area contributed by atoms with E-state index in [0.717, 1.165) is 12.2 Å². The molecule has 0 saturated carbocycles. The van der Waals surface area contributed by atoms with Crippen LogP contribution in [0.5, 0.6) is 5.75 Å². The fourth-order valence-electron chi connectivity index (χ4n) is 3.35. The van der Waals surface area contributed by atoms with Gasteiger partial charge < -0.3 is 14.5 Å². The third-order valence-corrected chi connectivity index (χ3v) is 5.30. The number of halogens is 1. The number of hydrogen-bond acceptors (Lipinski definition) is 3. The number of carbonyl (C=O) groups excluding carboxylic acids is 2. The molecule has 5 nitrogen and oxygen atoms in total. The van der Waals surface area contributed by atoms with Gasteiger partial charge in [0, 0.05) is 43.2 Å². The minimum atomic E-state index is -0.0116. The van der Waals surface area contributed by atoms with Gasteiger partial charge in [0.1, 0.15) is 5.75 Å². The molecule has 2 amide bonds. The Bertz CT molecular complexity index is 821. The van der Waals surface area contributed by atoms with E-state index in [1.54, 1.807) is 24.3 Å². The highest BCUT2D eigenvalue weighted by Crippen LogP contribution is 2.15. The van der Waals surface area contributed by atoms with E-state index in [1.807, 2.05) is 41.0 Å². The van der Waals surface area contributed by atoms with Gasteiger partial charge in [0.25, 0.3) is 5.91 Å². The van der Waals surface area contributed by atoms with E-state index in [2.05, 4.69) is 0 Å². The van der Waals surface area contributed by atoms with Crippen LogP contribution in [0.2, 0.25) is 5.02 Å². The van der Waals surface area contributed by atoms with E-state index < -0.39 is 0 Å². The monoisotopic (exact) mass is 414 g/mol. The van der Waals surface area contributed by atoms with Gasteiger partial charge in [-0.2, -0.15) is 0 Å². The number of aryl methyl sites for hydroxylation is 1. The summed E-state index contributed by atoms with van der Waals surface area (Å²) in [5.74, 6) is 0.940. The SMILES string of the molecule is Cc1ccc(OCCCC(=O)N2CCCN(C(=O)c3ccc(Cl)cc3)CC2)cc1. The molecule has 0 atom stereocenters. The Hall–Kier alpha value is -2.53. The lowest BCUT2D eigenvalue weighted by Crippen LogP contribution is -2.37. The molecular weight excluding hydrogens is 388 g/mol. The first-order valence-corrected chi connectivity index (χ1v) is 10.4. The minimum Gasteiger partial charge on any atom is -0.494 e. The molecule has 0 N–H and O–H groups in total. The average molecular weight is 415 g/mol. The molecule has 0 radical (unpaired) electrons. The maximum Gasteiger partial charge on any atom is 0.253 e. The summed E-state index contributed by atoms with van der Waals surface area (Å²) in [6.45, 7) is 5.01. The highest BCUT2D eigenvalue weighted by molar-refractivity contribution is 6.30. The molecule has 154 valence electrons. The number of carbonyl (C=O) groups is 2. The van der Waals surface area contributed by atoms with Crippen LogP contribution in [0.4, 0.5) is 0 Å². The summed E-state index contributed by atoms with van der Waals surface area (Å²) in [5, 5.41) is 0.612. The summed E-state index contributed by atoms with van der Waals surface area (Å²) in [6, 6.07) is 14.8. The Morgan fingerprint density at radius 3 is 2.31 bits per heavy atom. The van der Waals surface area contributed by atoms with Crippen molar-refractivity contribution in [3.05, 3.63) is 64.7 Å². The summed E-state index contributed by atoms with van der Waals surface area (Å²) >= 11 is 5.90. The molecule has 0 unspecified atom stereocenters. The minimum absolute atomic E-state index is 0.0116. The Morgan fingerprint density at radius 1 is 0.931 bits per heavy atom. The van der Waals surface area contributed by atoms with Crippen LogP contribution in [0, 0.1) is 6.92 Å². The highest BCUT2D eigenvalue weighted by atomic mass is 35.5. The lowest BCUT2D eigenvalue weighted by atomic mass is 10.2. The normalized spacial score (nSPS) is 14.4. The van der Waals surface area contributed by atoms with E-state index in [-0.39, 0.29) is 11.8 Å². The first kappa shape index (κ1) is 21.2. The molecule has 1 saturated heterocycles.